The first kappa shape index (κ1) is 13.1. The Balaban J connectivity index is 3.59. The Morgan fingerprint density at radius 2 is 2.12 bits per heavy atom. The lowest BCUT2D eigenvalue weighted by molar-refractivity contribution is -0.388. The number of hydrogen-bond acceptors (Lipinski definition) is 6. The van der Waals surface area contributed by atoms with Gasteiger partial charge in [0.25, 0.3) is 0 Å². The van der Waals surface area contributed by atoms with Gasteiger partial charge in [-0.3, -0.25) is 14.8 Å². The fourth-order valence-corrected chi connectivity index (χ4v) is 1.36. The molecule has 0 radical (unpaired) electrons. The van der Waals surface area contributed by atoms with Crippen LogP contribution in [-0.2, 0) is 12.8 Å². The minimum atomic E-state index is -2.53. The smallest absolute Gasteiger partial charge is 0.361 e. The van der Waals surface area contributed by atoms with Crippen molar-refractivity contribution < 1.29 is 25.0 Å². The number of rotatable bonds is 4. The molecule has 0 saturated carbocycles. The Bertz CT molecular complexity index is 478. The monoisotopic (exact) mass is 245 g/mol. The number of hydrogen-bond donors (Lipinski definition) is 3. The maximum Gasteiger partial charge on any atom is 0.361 e. The van der Waals surface area contributed by atoms with Gasteiger partial charge < -0.3 is 15.3 Å². The molecule has 3 N–H and O–H groups in total. The van der Waals surface area contributed by atoms with Crippen molar-refractivity contribution in [3.05, 3.63) is 21.5 Å². The lowest BCUT2D eigenvalue weighted by atomic mass is 10.1. The molecule has 1 rings (SSSR count). The molecule has 0 aromatic carbocycles. The number of aromatic nitrogens is 2. The number of nitro groups is 1. The van der Waals surface area contributed by atoms with E-state index in [1.807, 2.05) is 0 Å². The standard InChI is InChI=1S/C8H11N3O6/c1-3-8(14,15)6-4(11(16)17)5(7(12)13)10(2)9-6/h14-15H,3H2,1-2H3,(H,12,13). The SMILES string of the molecule is CCC(O)(O)c1nn(C)c(C(=O)O)c1[N+](=O)[O-]. The van der Waals surface area contributed by atoms with Crippen LogP contribution in [0, 0.1) is 10.1 Å². The Kier molecular flexibility index (Phi) is 3.16. The van der Waals surface area contributed by atoms with Crippen LogP contribution in [0.1, 0.15) is 29.5 Å². The fraction of sp³-hybridized carbons (Fsp3) is 0.500. The van der Waals surface area contributed by atoms with E-state index in [0.717, 1.165) is 4.68 Å². The molecular formula is C8H11N3O6. The summed E-state index contributed by atoms with van der Waals surface area (Å²) in [6.45, 7) is 1.37. The average molecular weight is 245 g/mol. The second kappa shape index (κ2) is 4.11. The van der Waals surface area contributed by atoms with E-state index >= 15 is 0 Å². The topological polar surface area (TPSA) is 139 Å². The summed E-state index contributed by atoms with van der Waals surface area (Å²) in [4.78, 5) is 20.6. The summed E-state index contributed by atoms with van der Waals surface area (Å²) in [6, 6.07) is 0. The molecule has 9 heteroatoms. The lowest BCUT2D eigenvalue weighted by Crippen LogP contribution is -2.25. The fourth-order valence-electron chi connectivity index (χ4n) is 1.36. The molecule has 0 aliphatic rings. The molecule has 0 saturated heterocycles. The van der Waals surface area contributed by atoms with Gasteiger partial charge >= 0.3 is 11.7 Å². The summed E-state index contributed by atoms with van der Waals surface area (Å²) in [7, 11) is 1.17. The molecule has 0 spiro atoms. The molecule has 9 nitrogen and oxygen atoms in total. The summed E-state index contributed by atoms with van der Waals surface area (Å²) < 4.78 is 0.729. The normalized spacial score (nSPS) is 11.5. The van der Waals surface area contributed by atoms with E-state index in [2.05, 4.69) is 5.10 Å². The molecule has 94 valence electrons. The first-order chi connectivity index (χ1) is 7.72. The number of carboxylic acids is 1. The van der Waals surface area contributed by atoms with Crippen molar-refractivity contribution in [2.24, 2.45) is 7.05 Å². The maximum absolute atomic E-state index is 10.8. The van der Waals surface area contributed by atoms with Crippen LogP contribution in [0.15, 0.2) is 0 Å². The van der Waals surface area contributed by atoms with Gasteiger partial charge in [-0.15, -0.1) is 0 Å². The Hall–Kier alpha value is -2.00. The zero-order valence-corrected chi connectivity index (χ0v) is 9.12. The van der Waals surface area contributed by atoms with E-state index in [9.17, 15) is 25.1 Å². The molecule has 0 fully saturated rings. The molecule has 0 unspecified atom stereocenters. The summed E-state index contributed by atoms with van der Waals surface area (Å²) in [5.41, 5.74) is -2.29. The first-order valence-electron chi connectivity index (χ1n) is 4.62. The third-order valence-corrected chi connectivity index (χ3v) is 2.28. The van der Waals surface area contributed by atoms with Crippen molar-refractivity contribution in [2.75, 3.05) is 0 Å². The van der Waals surface area contributed by atoms with Crippen molar-refractivity contribution in [1.29, 1.82) is 0 Å². The third kappa shape index (κ3) is 2.10. The van der Waals surface area contributed by atoms with E-state index in [-0.39, 0.29) is 6.42 Å². The van der Waals surface area contributed by atoms with Crippen LogP contribution in [-0.4, -0.2) is 36.0 Å². The van der Waals surface area contributed by atoms with Gasteiger partial charge in [-0.05, 0) is 0 Å². The second-order valence-corrected chi connectivity index (χ2v) is 3.40. The van der Waals surface area contributed by atoms with Gasteiger partial charge in [0.05, 0.1) is 4.92 Å². The Labute approximate surface area is 95.1 Å². The molecule has 17 heavy (non-hydrogen) atoms. The van der Waals surface area contributed by atoms with E-state index < -0.39 is 33.8 Å². The largest absolute Gasteiger partial charge is 0.476 e. The van der Waals surface area contributed by atoms with Crippen LogP contribution in [0.4, 0.5) is 5.69 Å². The lowest BCUT2D eigenvalue weighted by Gasteiger charge is -2.15. The van der Waals surface area contributed by atoms with Crippen LogP contribution >= 0.6 is 0 Å². The van der Waals surface area contributed by atoms with E-state index in [0.29, 0.717) is 0 Å². The van der Waals surface area contributed by atoms with Crippen molar-refractivity contribution in [2.45, 2.75) is 19.1 Å². The number of aryl methyl sites for hydroxylation is 1. The predicted octanol–water partition coefficient (Wildman–Crippen LogP) is -0.426. The van der Waals surface area contributed by atoms with Crippen LogP contribution in [0.5, 0.6) is 0 Å². The van der Waals surface area contributed by atoms with Crippen LogP contribution in [0.25, 0.3) is 0 Å². The predicted molar refractivity (Wildman–Crippen MR) is 53.2 cm³/mol. The number of nitrogens with zero attached hydrogens (tertiary/aromatic N) is 3. The zero-order valence-electron chi connectivity index (χ0n) is 9.12. The summed E-state index contributed by atoms with van der Waals surface area (Å²) >= 11 is 0. The van der Waals surface area contributed by atoms with Gasteiger partial charge in [0.1, 0.15) is 0 Å². The highest BCUT2D eigenvalue weighted by Gasteiger charge is 2.41. The van der Waals surface area contributed by atoms with Crippen LogP contribution in [0.3, 0.4) is 0 Å². The molecule has 0 aliphatic heterocycles. The Morgan fingerprint density at radius 1 is 1.59 bits per heavy atom. The van der Waals surface area contributed by atoms with E-state index in [1.54, 1.807) is 0 Å². The molecule has 1 aromatic heterocycles. The van der Waals surface area contributed by atoms with Gasteiger partial charge in [0.2, 0.25) is 11.5 Å². The van der Waals surface area contributed by atoms with Crippen molar-refractivity contribution in [3.8, 4) is 0 Å². The van der Waals surface area contributed by atoms with E-state index in [4.69, 9.17) is 5.11 Å². The molecular weight excluding hydrogens is 234 g/mol. The second-order valence-electron chi connectivity index (χ2n) is 3.40. The van der Waals surface area contributed by atoms with E-state index in [1.165, 1.54) is 14.0 Å². The zero-order chi connectivity index (χ0) is 13.4. The number of carbonyl (C=O) groups is 1. The van der Waals surface area contributed by atoms with Crippen molar-refractivity contribution >= 4 is 11.7 Å². The van der Waals surface area contributed by atoms with Gasteiger partial charge in [0, 0.05) is 13.5 Å². The molecule has 1 aromatic rings. The Morgan fingerprint density at radius 3 is 2.47 bits per heavy atom. The van der Waals surface area contributed by atoms with Crippen LogP contribution in [0.2, 0.25) is 0 Å². The molecule has 0 bridgehead atoms. The highest BCUT2D eigenvalue weighted by atomic mass is 16.6. The maximum atomic E-state index is 10.8. The number of aliphatic hydroxyl groups is 2. The summed E-state index contributed by atoms with van der Waals surface area (Å²) in [6.07, 6.45) is -0.260. The van der Waals surface area contributed by atoms with Gasteiger partial charge in [-0.1, -0.05) is 6.92 Å². The quantitative estimate of drug-likeness (QED) is 0.371. The summed E-state index contributed by atoms with van der Waals surface area (Å²) in [5, 5.41) is 42.2. The third-order valence-electron chi connectivity index (χ3n) is 2.28. The number of aromatic carboxylic acids is 1. The summed E-state index contributed by atoms with van der Waals surface area (Å²) in [5.74, 6) is -4.10. The highest BCUT2D eigenvalue weighted by Crippen LogP contribution is 2.32. The minimum absolute atomic E-state index is 0.260. The van der Waals surface area contributed by atoms with Gasteiger partial charge in [0.15, 0.2) is 5.69 Å². The molecule has 0 atom stereocenters. The molecule has 1 heterocycles. The molecule has 0 amide bonds. The first-order valence-corrected chi connectivity index (χ1v) is 4.62. The van der Waals surface area contributed by atoms with Crippen LogP contribution < -0.4 is 0 Å². The van der Waals surface area contributed by atoms with Crippen molar-refractivity contribution in [1.82, 2.24) is 9.78 Å². The highest BCUT2D eigenvalue weighted by molar-refractivity contribution is 5.91. The number of carboxylic acid groups (broad SMARTS) is 1. The average Bonchev–Trinajstić information content (AvgIpc) is 2.56. The minimum Gasteiger partial charge on any atom is -0.476 e. The van der Waals surface area contributed by atoms with Crippen molar-refractivity contribution in [3.63, 3.8) is 0 Å². The van der Waals surface area contributed by atoms with Gasteiger partial charge in [-0.25, -0.2) is 4.79 Å². The molecule has 0 aliphatic carbocycles. The van der Waals surface area contributed by atoms with Gasteiger partial charge in [-0.2, -0.15) is 5.10 Å².